The van der Waals surface area contributed by atoms with E-state index in [9.17, 15) is 9.59 Å². The third-order valence-electron chi connectivity index (χ3n) is 5.63. The Hall–Kier alpha value is -3.26. The molecule has 0 saturated heterocycles. The molecule has 2 heterocycles. The average Bonchev–Trinajstić information content (AvgIpc) is 3.49. The van der Waals surface area contributed by atoms with Crippen LogP contribution in [0, 0.1) is 0 Å². The van der Waals surface area contributed by atoms with Gasteiger partial charge in [-0.25, -0.2) is 0 Å². The van der Waals surface area contributed by atoms with E-state index in [0.29, 0.717) is 24.6 Å². The van der Waals surface area contributed by atoms with Gasteiger partial charge in [-0.3, -0.25) is 9.59 Å². The molecule has 0 bridgehead atoms. The number of thiophene rings is 1. The summed E-state index contributed by atoms with van der Waals surface area (Å²) in [6.45, 7) is 2.69. The maximum absolute atomic E-state index is 13.3. The summed E-state index contributed by atoms with van der Waals surface area (Å²) in [4.78, 5) is 26.3. The van der Waals surface area contributed by atoms with Crippen molar-refractivity contribution in [2.45, 2.75) is 39.2 Å². The summed E-state index contributed by atoms with van der Waals surface area (Å²) in [5, 5.41) is 6.76. The molecule has 0 saturated carbocycles. The largest absolute Gasteiger partial charge is 0.493 e. The summed E-state index contributed by atoms with van der Waals surface area (Å²) >= 11 is 1.72. The minimum absolute atomic E-state index is 0.0615. The topological polar surface area (TPSA) is 81.6 Å². The van der Waals surface area contributed by atoms with Crippen molar-refractivity contribution >= 4 is 23.2 Å². The zero-order chi connectivity index (χ0) is 23.2. The Morgan fingerprint density at radius 3 is 2.64 bits per heavy atom. The number of nitrogens with zero attached hydrogens (tertiary/aromatic N) is 1. The maximum atomic E-state index is 13.3. The van der Waals surface area contributed by atoms with E-state index in [-0.39, 0.29) is 18.4 Å². The first kappa shape index (κ1) is 22.9. The molecule has 3 aromatic rings. The van der Waals surface area contributed by atoms with Gasteiger partial charge in [0.25, 0.3) is 11.8 Å². The minimum atomic E-state index is -0.187. The fourth-order valence-corrected chi connectivity index (χ4v) is 5.39. The molecule has 1 aliphatic rings. The number of benzene rings is 1. The first-order valence-electron chi connectivity index (χ1n) is 11.2. The lowest BCUT2D eigenvalue weighted by Crippen LogP contribution is -2.28. The van der Waals surface area contributed by atoms with Crippen molar-refractivity contribution in [1.29, 1.82) is 0 Å². The molecular weight excluding hydrogens is 438 g/mol. The Kier molecular flexibility index (Phi) is 7.34. The lowest BCUT2D eigenvalue weighted by atomic mass is 9.95. The second kappa shape index (κ2) is 10.6. The fraction of sp³-hybridized carbons (Fsp3) is 0.360. The van der Waals surface area contributed by atoms with Crippen molar-refractivity contribution in [2.24, 2.45) is 0 Å². The molecule has 2 amide bonds. The molecule has 0 unspecified atom stereocenters. The maximum Gasteiger partial charge on any atom is 0.257 e. The summed E-state index contributed by atoms with van der Waals surface area (Å²) < 4.78 is 13.0. The first-order valence-corrected chi connectivity index (χ1v) is 12.0. The van der Waals surface area contributed by atoms with E-state index < -0.39 is 0 Å². The van der Waals surface area contributed by atoms with E-state index >= 15 is 0 Å². The highest BCUT2D eigenvalue weighted by atomic mass is 32.1. The quantitative estimate of drug-likeness (QED) is 0.501. The summed E-state index contributed by atoms with van der Waals surface area (Å²) in [6.07, 6.45) is 8.24. The lowest BCUT2D eigenvalue weighted by molar-refractivity contribution is -0.123. The highest BCUT2D eigenvalue weighted by Crippen LogP contribution is 2.37. The van der Waals surface area contributed by atoms with Crippen LogP contribution in [-0.4, -0.2) is 36.6 Å². The predicted octanol–water partition coefficient (Wildman–Crippen LogP) is 3.87. The van der Waals surface area contributed by atoms with Gasteiger partial charge in [-0.2, -0.15) is 0 Å². The van der Waals surface area contributed by atoms with Gasteiger partial charge in [0.15, 0.2) is 18.1 Å². The van der Waals surface area contributed by atoms with Crippen molar-refractivity contribution in [3.05, 3.63) is 64.3 Å². The van der Waals surface area contributed by atoms with Gasteiger partial charge in [0.05, 0.1) is 12.7 Å². The minimum Gasteiger partial charge on any atom is -0.493 e. The van der Waals surface area contributed by atoms with Crippen LogP contribution in [0.1, 0.15) is 46.1 Å². The smallest absolute Gasteiger partial charge is 0.257 e. The van der Waals surface area contributed by atoms with Crippen LogP contribution in [0.4, 0.5) is 0 Å². The zero-order valence-electron chi connectivity index (χ0n) is 19.0. The number of hydrogen-bond donors (Lipinski definition) is 2. The Bertz CT molecular complexity index is 1120. The molecule has 0 fully saturated rings. The van der Waals surface area contributed by atoms with Crippen LogP contribution >= 0.6 is 11.3 Å². The summed E-state index contributed by atoms with van der Waals surface area (Å²) in [5.74, 6) is 0.759. The van der Waals surface area contributed by atoms with Crippen molar-refractivity contribution in [1.82, 2.24) is 15.2 Å². The van der Waals surface area contributed by atoms with Gasteiger partial charge in [0.1, 0.15) is 5.00 Å². The van der Waals surface area contributed by atoms with Gasteiger partial charge < -0.3 is 24.7 Å². The van der Waals surface area contributed by atoms with Crippen LogP contribution in [0.25, 0.3) is 5.00 Å². The molecule has 1 aromatic carbocycles. The lowest BCUT2D eigenvalue weighted by Gasteiger charge is -2.14. The number of carbonyl (C=O) groups is 2. The Morgan fingerprint density at radius 1 is 1.09 bits per heavy atom. The van der Waals surface area contributed by atoms with E-state index in [1.165, 1.54) is 16.9 Å². The molecule has 0 radical (unpaired) electrons. The predicted molar refractivity (Wildman–Crippen MR) is 129 cm³/mol. The molecule has 2 N–H and O–H groups in total. The third kappa shape index (κ3) is 5.22. The number of nitrogens with one attached hydrogen (secondary N) is 2. The number of rotatable bonds is 9. The first-order chi connectivity index (χ1) is 16.1. The summed E-state index contributed by atoms with van der Waals surface area (Å²) in [5.41, 5.74) is 2.87. The Balaban J connectivity index is 1.48. The highest BCUT2D eigenvalue weighted by molar-refractivity contribution is 7.15. The molecule has 0 aliphatic heterocycles. The molecule has 7 nitrogen and oxygen atoms in total. The number of hydrogen-bond acceptors (Lipinski definition) is 5. The van der Waals surface area contributed by atoms with Gasteiger partial charge in [-0.05, 0) is 68.0 Å². The number of fused-ring (bicyclic) bond motifs is 1. The molecule has 4 rings (SSSR count). The highest BCUT2D eigenvalue weighted by Gasteiger charge is 2.26. The second-order valence-electron chi connectivity index (χ2n) is 7.89. The Labute approximate surface area is 197 Å². The number of methoxy groups -OCH3 is 1. The van der Waals surface area contributed by atoms with Crippen LogP contribution in [0.3, 0.4) is 0 Å². The van der Waals surface area contributed by atoms with E-state index in [0.717, 1.165) is 35.4 Å². The van der Waals surface area contributed by atoms with Gasteiger partial charge in [0, 0.05) is 30.4 Å². The van der Waals surface area contributed by atoms with E-state index in [2.05, 4.69) is 10.6 Å². The normalized spacial score (nSPS) is 12.7. The van der Waals surface area contributed by atoms with Crippen molar-refractivity contribution < 1.29 is 19.1 Å². The van der Waals surface area contributed by atoms with Crippen molar-refractivity contribution in [3.8, 4) is 16.5 Å². The standard InChI is InChI=1S/C25H29N3O4S/c1-3-26-22(29)16-32-19-11-10-17(14-20(19)31-2)15-27-24(30)23-18-8-4-5-9-21(18)33-25(23)28-12-6-7-13-28/h6-7,10-14H,3-5,8-9,15-16H2,1-2H3,(H,26,29)(H,27,30). The molecular formula is C25H29N3O4S. The molecule has 2 aromatic heterocycles. The van der Waals surface area contributed by atoms with Crippen LogP contribution in [-0.2, 0) is 24.2 Å². The van der Waals surface area contributed by atoms with Crippen LogP contribution in [0.15, 0.2) is 42.7 Å². The van der Waals surface area contributed by atoms with E-state index in [1.807, 2.05) is 48.1 Å². The summed E-state index contributed by atoms with van der Waals surface area (Å²) in [7, 11) is 1.55. The molecule has 0 spiro atoms. The van der Waals surface area contributed by atoms with Gasteiger partial charge in [-0.1, -0.05) is 6.07 Å². The average molecular weight is 468 g/mol. The SMILES string of the molecule is CCNC(=O)COc1ccc(CNC(=O)c2c(-n3cccc3)sc3c2CCCC3)cc1OC. The number of ether oxygens (including phenoxy) is 2. The number of carbonyl (C=O) groups excluding carboxylic acids is 2. The van der Waals surface area contributed by atoms with E-state index in [1.54, 1.807) is 24.5 Å². The third-order valence-corrected chi connectivity index (χ3v) is 6.94. The number of aromatic nitrogens is 1. The number of amides is 2. The molecule has 1 aliphatic carbocycles. The zero-order valence-corrected chi connectivity index (χ0v) is 19.8. The second-order valence-corrected chi connectivity index (χ2v) is 8.98. The van der Waals surface area contributed by atoms with Gasteiger partial charge in [0.2, 0.25) is 0 Å². The fourth-order valence-electron chi connectivity index (χ4n) is 4.04. The number of aryl methyl sites for hydroxylation is 1. The summed E-state index contributed by atoms with van der Waals surface area (Å²) in [6, 6.07) is 9.40. The van der Waals surface area contributed by atoms with Crippen molar-refractivity contribution in [3.63, 3.8) is 0 Å². The van der Waals surface area contributed by atoms with E-state index in [4.69, 9.17) is 9.47 Å². The molecule has 8 heteroatoms. The molecule has 0 atom stereocenters. The monoisotopic (exact) mass is 467 g/mol. The van der Waals surface area contributed by atoms with Crippen molar-refractivity contribution in [2.75, 3.05) is 20.3 Å². The van der Waals surface area contributed by atoms with Gasteiger partial charge >= 0.3 is 0 Å². The van der Waals surface area contributed by atoms with Crippen LogP contribution in [0.5, 0.6) is 11.5 Å². The molecule has 33 heavy (non-hydrogen) atoms. The molecule has 174 valence electrons. The van der Waals surface area contributed by atoms with Gasteiger partial charge in [-0.15, -0.1) is 11.3 Å². The number of likely N-dealkylation sites (N-methyl/N-ethyl adjacent to an activating group) is 1. The van der Waals surface area contributed by atoms with Crippen LogP contribution in [0.2, 0.25) is 0 Å². The Morgan fingerprint density at radius 2 is 1.88 bits per heavy atom. The van der Waals surface area contributed by atoms with Crippen LogP contribution < -0.4 is 20.1 Å².